The van der Waals surface area contributed by atoms with Gasteiger partial charge in [-0.05, 0) is 24.7 Å². The summed E-state index contributed by atoms with van der Waals surface area (Å²) in [6.07, 6.45) is 2.37. The van der Waals surface area contributed by atoms with E-state index in [0.717, 1.165) is 0 Å². The Morgan fingerprint density at radius 1 is 1.42 bits per heavy atom. The molecule has 3 atom stereocenters. The van der Waals surface area contributed by atoms with E-state index in [4.69, 9.17) is 10.8 Å². The van der Waals surface area contributed by atoms with E-state index in [0.29, 0.717) is 23.5 Å². The third-order valence-electron chi connectivity index (χ3n) is 4.12. The molecule has 0 aromatic heterocycles. The first-order valence-electron chi connectivity index (χ1n) is 7.94. The predicted octanol–water partition coefficient (Wildman–Crippen LogP) is -0.330. The standard InChI is InChI=1S/C15H21N3O6S2/c1-25-5-7-6-26-13-10(12(20)18(13)11(7)15(23)24)17-9(19)4-2-3-8(16)14(21)22/h8,10,13H,2-6,16H2,1H3,(H,17,19)(H,21,22)(H,23,24)/t8-,10+,13+/m0/s1. The summed E-state index contributed by atoms with van der Waals surface area (Å²) in [6, 6.07) is -1.78. The lowest BCUT2D eigenvalue weighted by atomic mass is 10.0. The monoisotopic (exact) mass is 403 g/mol. The van der Waals surface area contributed by atoms with Crippen molar-refractivity contribution in [3.8, 4) is 0 Å². The first-order chi connectivity index (χ1) is 12.3. The highest BCUT2D eigenvalue weighted by Crippen LogP contribution is 2.40. The van der Waals surface area contributed by atoms with Gasteiger partial charge >= 0.3 is 11.9 Å². The highest BCUT2D eigenvalue weighted by atomic mass is 32.2. The number of nitrogens with zero attached hydrogens (tertiary/aromatic N) is 1. The zero-order valence-electron chi connectivity index (χ0n) is 14.1. The summed E-state index contributed by atoms with van der Waals surface area (Å²) in [5.74, 6) is -2.04. The molecule has 2 aliphatic rings. The van der Waals surface area contributed by atoms with Gasteiger partial charge in [-0.1, -0.05) is 0 Å². The number of hydrogen-bond donors (Lipinski definition) is 4. The fourth-order valence-electron chi connectivity index (χ4n) is 2.82. The molecule has 2 amide bonds. The predicted molar refractivity (Wildman–Crippen MR) is 97.5 cm³/mol. The van der Waals surface area contributed by atoms with E-state index in [1.165, 1.54) is 28.4 Å². The van der Waals surface area contributed by atoms with E-state index in [-0.39, 0.29) is 24.4 Å². The molecular formula is C15H21N3O6S2. The molecule has 26 heavy (non-hydrogen) atoms. The van der Waals surface area contributed by atoms with Gasteiger partial charge in [0.1, 0.15) is 23.2 Å². The number of aliphatic carboxylic acids is 2. The minimum atomic E-state index is -1.14. The number of carboxylic acids is 2. The second kappa shape index (κ2) is 8.78. The fourth-order valence-corrected chi connectivity index (χ4v) is 4.88. The molecule has 1 fully saturated rings. The number of amides is 2. The molecule has 0 saturated carbocycles. The summed E-state index contributed by atoms with van der Waals surface area (Å²) in [6.45, 7) is 0. The maximum absolute atomic E-state index is 12.4. The Balaban J connectivity index is 1.93. The maximum Gasteiger partial charge on any atom is 0.352 e. The van der Waals surface area contributed by atoms with Gasteiger partial charge in [0.15, 0.2) is 0 Å². The molecule has 11 heteroatoms. The molecule has 0 bridgehead atoms. The zero-order valence-corrected chi connectivity index (χ0v) is 15.8. The summed E-state index contributed by atoms with van der Waals surface area (Å²) < 4.78 is 0. The van der Waals surface area contributed by atoms with Gasteiger partial charge in [0.2, 0.25) is 5.91 Å². The van der Waals surface area contributed by atoms with Crippen molar-refractivity contribution in [1.82, 2.24) is 10.2 Å². The van der Waals surface area contributed by atoms with Gasteiger partial charge in [0.05, 0.1) is 0 Å². The lowest BCUT2D eigenvalue weighted by Crippen LogP contribution is -2.70. The third-order valence-corrected chi connectivity index (χ3v) is 6.10. The normalized spacial score (nSPS) is 23.2. The highest BCUT2D eigenvalue weighted by molar-refractivity contribution is 8.00. The van der Waals surface area contributed by atoms with E-state index in [1.54, 1.807) is 0 Å². The second-order valence-corrected chi connectivity index (χ2v) is 7.95. The number of hydrogen-bond acceptors (Lipinski definition) is 7. The van der Waals surface area contributed by atoms with Crippen LogP contribution < -0.4 is 11.1 Å². The molecule has 9 nitrogen and oxygen atoms in total. The van der Waals surface area contributed by atoms with Crippen LogP contribution >= 0.6 is 23.5 Å². The quantitative estimate of drug-likeness (QED) is 0.379. The SMILES string of the molecule is CSCC1=C(C(=O)O)N2C(=O)[C@@H](NC(=O)CCC[C@H](N)C(=O)O)[C@H]2SC1. The van der Waals surface area contributed by atoms with Crippen LogP contribution in [0.2, 0.25) is 0 Å². The van der Waals surface area contributed by atoms with Crippen molar-refractivity contribution >= 4 is 47.3 Å². The van der Waals surface area contributed by atoms with Gasteiger partial charge in [-0.25, -0.2) is 4.79 Å². The summed E-state index contributed by atoms with van der Waals surface area (Å²) in [5, 5.41) is 20.3. The molecule has 0 aromatic rings. The molecule has 2 aliphatic heterocycles. The molecular weight excluding hydrogens is 382 g/mol. The zero-order chi connectivity index (χ0) is 19.4. The number of carboxylic acid groups (broad SMARTS) is 2. The molecule has 0 aliphatic carbocycles. The van der Waals surface area contributed by atoms with Gasteiger partial charge in [-0.15, -0.1) is 11.8 Å². The number of carbonyl (C=O) groups is 4. The van der Waals surface area contributed by atoms with Gasteiger partial charge < -0.3 is 21.3 Å². The lowest BCUT2D eigenvalue weighted by molar-refractivity contribution is -0.150. The van der Waals surface area contributed by atoms with Gasteiger partial charge in [0, 0.05) is 17.9 Å². The molecule has 1 saturated heterocycles. The minimum absolute atomic E-state index is 0.0195. The Hall–Kier alpha value is -1.72. The number of thioether (sulfide) groups is 2. The number of nitrogens with two attached hydrogens (primary N) is 1. The van der Waals surface area contributed by atoms with E-state index >= 15 is 0 Å². The number of β-lactam (4-membered cyclic amide) rings is 1. The Labute approximate surface area is 158 Å². The van der Waals surface area contributed by atoms with Crippen LogP contribution in [-0.4, -0.2) is 74.1 Å². The summed E-state index contributed by atoms with van der Waals surface area (Å²) in [4.78, 5) is 47.8. The van der Waals surface area contributed by atoms with Crippen molar-refractivity contribution in [2.45, 2.75) is 36.7 Å². The molecule has 144 valence electrons. The van der Waals surface area contributed by atoms with E-state index < -0.39 is 35.3 Å². The maximum atomic E-state index is 12.4. The first-order valence-corrected chi connectivity index (χ1v) is 10.4. The minimum Gasteiger partial charge on any atom is -0.480 e. The average molecular weight is 403 g/mol. The number of fused-ring (bicyclic) bond motifs is 1. The smallest absolute Gasteiger partial charge is 0.352 e. The third kappa shape index (κ3) is 4.33. The second-order valence-electron chi connectivity index (χ2n) is 5.98. The van der Waals surface area contributed by atoms with Crippen LogP contribution in [0.3, 0.4) is 0 Å². The van der Waals surface area contributed by atoms with Gasteiger partial charge in [-0.3, -0.25) is 19.3 Å². The first kappa shape index (κ1) is 20.6. The summed E-state index contributed by atoms with van der Waals surface area (Å²) >= 11 is 2.92. The van der Waals surface area contributed by atoms with Crippen LogP contribution in [0.15, 0.2) is 11.3 Å². The largest absolute Gasteiger partial charge is 0.480 e. The van der Waals surface area contributed by atoms with Crippen molar-refractivity contribution in [1.29, 1.82) is 0 Å². The molecule has 2 rings (SSSR count). The Bertz CT molecular complexity index is 653. The van der Waals surface area contributed by atoms with Gasteiger partial charge in [0.25, 0.3) is 5.91 Å². The lowest BCUT2D eigenvalue weighted by Gasteiger charge is -2.49. The van der Waals surface area contributed by atoms with Crippen molar-refractivity contribution in [3.63, 3.8) is 0 Å². The van der Waals surface area contributed by atoms with Crippen LogP contribution in [-0.2, 0) is 19.2 Å². The molecule has 0 spiro atoms. The Morgan fingerprint density at radius 3 is 2.69 bits per heavy atom. The molecule has 0 aromatic carbocycles. The number of nitrogens with one attached hydrogen (secondary N) is 1. The number of carbonyl (C=O) groups excluding carboxylic acids is 2. The van der Waals surface area contributed by atoms with Crippen LogP contribution in [0.5, 0.6) is 0 Å². The summed E-state index contributed by atoms with van der Waals surface area (Å²) in [5.41, 5.74) is 6.09. The van der Waals surface area contributed by atoms with Crippen LogP contribution in [0.1, 0.15) is 19.3 Å². The molecule has 0 unspecified atom stereocenters. The highest BCUT2D eigenvalue weighted by Gasteiger charge is 2.53. The van der Waals surface area contributed by atoms with Crippen LogP contribution in [0, 0.1) is 0 Å². The van der Waals surface area contributed by atoms with Crippen molar-refractivity contribution < 1.29 is 29.4 Å². The van der Waals surface area contributed by atoms with Crippen molar-refractivity contribution in [3.05, 3.63) is 11.3 Å². The van der Waals surface area contributed by atoms with Crippen molar-refractivity contribution in [2.75, 3.05) is 17.8 Å². The van der Waals surface area contributed by atoms with E-state index in [9.17, 15) is 24.3 Å². The molecule has 2 heterocycles. The van der Waals surface area contributed by atoms with E-state index in [1.807, 2.05) is 6.26 Å². The topological polar surface area (TPSA) is 150 Å². The molecule has 5 N–H and O–H groups in total. The van der Waals surface area contributed by atoms with E-state index in [2.05, 4.69) is 5.32 Å². The Kier molecular flexibility index (Phi) is 6.95. The van der Waals surface area contributed by atoms with Crippen LogP contribution in [0.25, 0.3) is 0 Å². The number of rotatable bonds is 9. The summed E-state index contributed by atoms with van der Waals surface area (Å²) in [7, 11) is 0. The Morgan fingerprint density at radius 2 is 2.12 bits per heavy atom. The molecule has 0 radical (unpaired) electrons. The van der Waals surface area contributed by atoms with Crippen LogP contribution in [0.4, 0.5) is 0 Å². The fraction of sp³-hybridized carbons (Fsp3) is 0.600. The van der Waals surface area contributed by atoms with Crippen molar-refractivity contribution in [2.24, 2.45) is 5.73 Å². The van der Waals surface area contributed by atoms with Gasteiger partial charge in [-0.2, -0.15) is 11.8 Å². The average Bonchev–Trinajstić information content (AvgIpc) is 2.59.